The summed E-state index contributed by atoms with van der Waals surface area (Å²) < 4.78 is 73.0. The van der Waals surface area contributed by atoms with Gasteiger partial charge in [-0.25, -0.2) is 4.39 Å². The van der Waals surface area contributed by atoms with Gasteiger partial charge in [-0.05, 0) is 48.8 Å². The van der Waals surface area contributed by atoms with Crippen LogP contribution in [0.1, 0.15) is 46.5 Å². The molecule has 3 fully saturated rings. The zero-order chi connectivity index (χ0) is 33.9. The van der Waals surface area contributed by atoms with Crippen molar-refractivity contribution in [1.29, 1.82) is 0 Å². The summed E-state index contributed by atoms with van der Waals surface area (Å²) in [6.45, 7) is 4.43. The number of hydrogen-bond donors (Lipinski definition) is 3. The largest absolute Gasteiger partial charge is 0.489 e. The molecule has 2 aliphatic heterocycles. The number of amides is 1. The monoisotopic (exact) mass is 688 g/mol. The van der Waals surface area contributed by atoms with Crippen LogP contribution in [-0.2, 0) is 15.9 Å². The van der Waals surface area contributed by atoms with Crippen LogP contribution in [0.5, 0.6) is 5.75 Å². The number of likely N-dealkylation sites (tertiary alicyclic amines) is 1. The van der Waals surface area contributed by atoms with Crippen LogP contribution in [0, 0.1) is 23.1 Å². The highest BCUT2D eigenvalue weighted by Crippen LogP contribution is 2.43. The Morgan fingerprint density at radius 2 is 1.90 bits per heavy atom. The molecule has 2 saturated heterocycles. The van der Waals surface area contributed by atoms with Gasteiger partial charge in [0.25, 0.3) is 5.91 Å². The third-order valence-corrected chi connectivity index (χ3v) is 10.5. The van der Waals surface area contributed by atoms with Gasteiger partial charge in [-0.2, -0.15) is 13.2 Å². The number of nitrogens with zero attached hydrogens (tertiary/aromatic N) is 1. The Morgan fingerprint density at radius 1 is 1.12 bits per heavy atom. The minimum absolute atomic E-state index is 0.00138. The fourth-order valence-electron chi connectivity index (χ4n) is 6.83. The van der Waals surface area contributed by atoms with Crippen LogP contribution < -0.4 is 20.7 Å². The fourth-order valence-corrected chi connectivity index (χ4v) is 8.00. The van der Waals surface area contributed by atoms with Crippen LogP contribution >= 0.6 is 11.3 Å². The fraction of sp³-hybridized carbons (Fsp3) is 0.514. The zero-order valence-electron chi connectivity index (χ0n) is 27.0. The molecule has 48 heavy (non-hydrogen) atoms. The summed E-state index contributed by atoms with van der Waals surface area (Å²) in [6, 6.07) is 8.71. The molecule has 6 rings (SSSR count). The molecular formula is C35H40F4N4O4S. The summed E-state index contributed by atoms with van der Waals surface area (Å²) >= 11 is 1.25. The molecule has 1 spiro atoms. The van der Waals surface area contributed by atoms with Crippen LogP contribution in [0.2, 0.25) is 0 Å². The van der Waals surface area contributed by atoms with Crippen molar-refractivity contribution in [1.82, 2.24) is 10.2 Å². The summed E-state index contributed by atoms with van der Waals surface area (Å²) in [7, 11) is 2.91. The van der Waals surface area contributed by atoms with Crippen LogP contribution in [0.25, 0.3) is 10.1 Å². The van der Waals surface area contributed by atoms with E-state index in [0.717, 1.165) is 68.4 Å². The van der Waals surface area contributed by atoms with Crippen molar-refractivity contribution in [3.05, 3.63) is 52.2 Å². The molecular weight excluding hydrogens is 648 g/mol. The van der Waals surface area contributed by atoms with E-state index in [1.54, 1.807) is 12.1 Å². The predicted molar refractivity (Wildman–Crippen MR) is 179 cm³/mol. The predicted octanol–water partition coefficient (Wildman–Crippen LogP) is 6.05. The number of carbonyl (C=O) groups is 1. The third kappa shape index (κ3) is 7.67. The van der Waals surface area contributed by atoms with E-state index in [2.05, 4.69) is 32.7 Å². The quantitative estimate of drug-likeness (QED) is 0.129. The van der Waals surface area contributed by atoms with Crippen LogP contribution in [-0.4, -0.2) is 89.3 Å². The van der Waals surface area contributed by atoms with Crippen molar-refractivity contribution in [3.63, 3.8) is 0 Å². The van der Waals surface area contributed by atoms with Gasteiger partial charge in [-0.15, -0.1) is 11.3 Å². The molecule has 2 aromatic carbocycles. The average Bonchev–Trinajstić information content (AvgIpc) is 3.35. The van der Waals surface area contributed by atoms with Gasteiger partial charge >= 0.3 is 6.18 Å². The zero-order valence-corrected chi connectivity index (χ0v) is 27.8. The Kier molecular flexibility index (Phi) is 10.4. The van der Waals surface area contributed by atoms with E-state index in [4.69, 9.17) is 14.2 Å². The van der Waals surface area contributed by atoms with Crippen LogP contribution in [0.15, 0.2) is 30.3 Å². The molecule has 3 aliphatic rings. The molecule has 0 bridgehead atoms. The first-order chi connectivity index (χ1) is 23.1. The minimum atomic E-state index is -4.41. The minimum Gasteiger partial charge on any atom is -0.489 e. The lowest BCUT2D eigenvalue weighted by Gasteiger charge is -2.58. The molecule has 0 atom stereocenters. The summed E-state index contributed by atoms with van der Waals surface area (Å²) in [5.74, 6) is 4.71. The van der Waals surface area contributed by atoms with Gasteiger partial charge in [0.1, 0.15) is 18.2 Å². The number of halogens is 4. The number of hydrogen-bond acceptors (Lipinski definition) is 8. The van der Waals surface area contributed by atoms with Crippen molar-refractivity contribution in [2.45, 2.75) is 50.4 Å². The van der Waals surface area contributed by atoms with Crippen LogP contribution in [0.4, 0.5) is 28.9 Å². The second kappa shape index (κ2) is 14.5. The molecule has 0 radical (unpaired) electrons. The number of thiophene rings is 1. The molecule has 0 unspecified atom stereocenters. The second-order valence-corrected chi connectivity index (χ2v) is 13.9. The van der Waals surface area contributed by atoms with E-state index in [1.807, 2.05) is 6.07 Å². The standard InChI is InChI=1S/C35H40F4N4O4S/c1-40-33(44)25-15-30(47-14-13-45-2)29(16-27(25)36)41-12-4-7-31-26(17-35(37,38)39)24-5-3-6-28(32(24)48-31)42-22-8-10-23(11-9-22)43-18-34(19-43)20-46-21-34/h3,5-6,15-16,22-23,41-42H,8-14,17-21H2,1-2H3,(H,40,44). The Balaban J connectivity index is 1.17. The number of fused-ring (bicyclic) bond motifs is 1. The first-order valence-corrected chi connectivity index (χ1v) is 17.0. The number of nitrogens with one attached hydrogen (secondary N) is 3. The Hall–Kier alpha value is -3.57. The molecule has 3 N–H and O–H groups in total. The van der Waals surface area contributed by atoms with E-state index >= 15 is 0 Å². The maximum atomic E-state index is 14.7. The Morgan fingerprint density at radius 3 is 2.56 bits per heavy atom. The first-order valence-electron chi connectivity index (χ1n) is 16.2. The summed E-state index contributed by atoms with van der Waals surface area (Å²) in [6.07, 6.45) is -1.32. The van der Waals surface area contributed by atoms with Gasteiger partial charge < -0.3 is 30.2 Å². The molecule has 1 aliphatic carbocycles. The SMILES string of the molecule is CNC(=O)c1cc(OCCOC)c(NCC#Cc2sc3c(NC4CCC(N5CC6(COC6)C5)CC4)cccc3c2CC(F)(F)F)cc1F. The topological polar surface area (TPSA) is 84.1 Å². The van der Waals surface area contributed by atoms with E-state index in [0.29, 0.717) is 21.7 Å². The highest BCUT2D eigenvalue weighted by atomic mass is 32.1. The molecule has 3 heterocycles. The lowest BCUT2D eigenvalue weighted by atomic mass is 9.75. The van der Waals surface area contributed by atoms with Crippen molar-refractivity contribution < 1.29 is 36.6 Å². The molecule has 13 heteroatoms. The summed E-state index contributed by atoms with van der Waals surface area (Å²) in [5.41, 5.74) is 1.44. The van der Waals surface area contributed by atoms with Gasteiger partial charge in [0.05, 0.1) is 59.3 Å². The highest BCUT2D eigenvalue weighted by Gasteiger charge is 2.50. The maximum Gasteiger partial charge on any atom is 0.393 e. The third-order valence-electron chi connectivity index (χ3n) is 9.32. The second-order valence-electron chi connectivity index (χ2n) is 12.8. The number of methoxy groups -OCH3 is 1. The molecule has 3 aromatic rings. The number of rotatable bonds is 11. The van der Waals surface area contributed by atoms with Crippen molar-refractivity contribution >= 4 is 38.7 Å². The number of carbonyl (C=O) groups excluding carboxylic acids is 1. The first kappa shape index (κ1) is 34.3. The normalized spacial score (nSPS) is 20.4. The summed E-state index contributed by atoms with van der Waals surface area (Å²) in [5, 5.41) is 9.56. The summed E-state index contributed by atoms with van der Waals surface area (Å²) in [4.78, 5) is 15.0. The Bertz CT molecular complexity index is 1680. The van der Waals surface area contributed by atoms with Gasteiger partial charge in [0.15, 0.2) is 0 Å². The lowest BCUT2D eigenvalue weighted by Crippen LogP contribution is -2.68. The number of anilines is 2. The van der Waals surface area contributed by atoms with Crippen LogP contribution in [0.3, 0.4) is 0 Å². The smallest absolute Gasteiger partial charge is 0.393 e. The van der Waals surface area contributed by atoms with Gasteiger partial charge in [-0.1, -0.05) is 24.0 Å². The number of benzene rings is 2. The molecule has 258 valence electrons. The number of ether oxygens (including phenoxy) is 3. The molecule has 1 amide bonds. The molecule has 1 saturated carbocycles. The van der Waals surface area contributed by atoms with E-state index in [9.17, 15) is 22.4 Å². The molecule has 1 aromatic heterocycles. The van der Waals surface area contributed by atoms with E-state index in [1.165, 1.54) is 31.6 Å². The maximum absolute atomic E-state index is 14.7. The van der Waals surface area contributed by atoms with Crippen molar-refractivity contribution in [3.8, 4) is 17.6 Å². The Labute approximate surface area is 281 Å². The average molecular weight is 689 g/mol. The highest BCUT2D eigenvalue weighted by molar-refractivity contribution is 7.20. The number of alkyl halides is 3. The lowest BCUT2D eigenvalue weighted by molar-refractivity contribution is -0.200. The van der Waals surface area contributed by atoms with Crippen molar-refractivity contribution in [2.24, 2.45) is 5.41 Å². The van der Waals surface area contributed by atoms with Gasteiger partial charge in [0, 0.05) is 50.8 Å². The van der Waals surface area contributed by atoms with Crippen molar-refractivity contribution in [2.75, 3.05) is 70.9 Å². The van der Waals surface area contributed by atoms with E-state index < -0.39 is 24.3 Å². The van der Waals surface area contributed by atoms with Gasteiger partial charge in [0.2, 0.25) is 0 Å². The van der Waals surface area contributed by atoms with E-state index in [-0.39, 0.29) is 48.4 Å². The molecule has 8 nitrogen and oxygen atoms in total. The van der Waals surface area contributed by atoms with Gasteiger partial charge in [-0.3, -0.25) is 9.69 Å².